The second kappa shape index (κ2) is 8.08. The van der Waals surface area contributed by atoms with E-state index < -0.39 is 33.5 Å². The molecule has 0 saturated carbocycles. The van der Waals surface area contributed by atoms with Crippen molar-refractivity contribution < 1.29 is 17.9 Å². The average molecular weight is 368 g/mol. The summed E-state index contributed by atoms with van der Waals surface area (Å²) in [6.45, 7) is 3.30. The van der Waals surface area contributed by atoms with E-state index in [0.29, 0.717) is 12.8 Å². The van der Waals surface area contributed by atoms with Crippen molar-refractivity contribution in [3.8, 4) is 0 Å². The zero-order valence-corrected chi connectivity index (χ0v) is 14.7. The van der Waals surface area contributed by atoms with Gasteiger partial charge in [0.05, 0.1) is 6.61 Å². The van der Waals surface area contributed by atoms with Crippen LogP contribution in [0.1, 0.15) is 36.3 Å². The van der Waals surface area contributed by atoms with E-state index in [2.05, 4.69) is 14.6 Å². The average Bonchev–Trinajstić information content (AvgIpc) is 2.96. The number of ether oxygens (including phenoxy) is 1. The first-order chi connectivity index (χ1) is 11.8. The molecule has 2 aromatic rings. The summed E-state index contributed by atoms with van der Waals surface area (Å²) >= 11 is 0. The van der Waals surface area contributed by atoms with Gasteiger partial charge in [-0.15, -0.1) is 9.19 Å². The maximum atomic E-state index is 12.3. The molecular formula is C15H20N4O5S. The number of esters is 1. The highest BCUT2D eigenvalue weighted by Crippen LogP contribution is 2.05. The summed E-state index contributed by atoms with van der Waals surface area (Å²) in [5.74, 6) is -0.977. The molecule has 0 spiro atoms. The second-order valence-electron chi connectivity index (χ2n) is 5.40. The van der Waals surface area contributed by atoms with Crippen molar-refractivity contribution in [3.05, 3.63) is 51.9 Å². The zero-order chi connectivity index (χ0) is 18.4. The Balaban J connectivity index is 2.06. The number of aromatic nitrogens is 3. The largest absolute Gasteiger partial charge is 0.461 e. The number of carbonyl (C=O) groups is 1. The molecule has 10 heteroatoms. The fourth-order valence-electron chi connectivity index (χ4n) is 2.17. The van der Waals surface area contributed by atoms with Gasteiger partial charge in [0, 0.05) is 6.04 Å². The van der Waals surface area contributed by atoms with Gasteiger partial charge in [-0.2, -0.15) is 18.4 Å². The maximum absolute atomic E-state index is 12.3. The molecule has 0 fully saturated rings. The normalized spacial score (nSPS) is 12.7. The molecule has 0 saturated heterocycles. The third-order valence-electron chi connectivity index (χ3n) is 3.41. The molecule has 1 atom stereocenters. The van der Waals surface area contributed by atoms with Crippen LogP contribution in [0.15, 0.2) is 35.1 Å². The van der Waals surface area contributed by atoms with Crippen LogP contribution in [0.25, 0.3) is 0 Å². The lowest BCUT2D eigenvalue weighted by Gasteiger charge is -2.13. The first-order valence-electron chi connectivity index (χ1n) is 7.76. The molecular weight excluding hydrogens is 348 g/mol. The minimum atomic E-state index is -4.19. The van der Waals surface area contributed by atoms with E-state index in [1.165, 1.54) is 0 Å². The highest BCUT2D eigenvalue weighted by Gasteiger charge is 2.25. The Morgan fingerprint density at radius 2 is 2.04 bits per heavy atom. The van der Waals surface area contributed by atoms with E-state index in [9.17, 15) is 18.0 Å². The van der Waals surface area contributed by atoms with Crippen LogP contribution in [0.2, 0.25) is 0 Å². The highest BCUT2D eigenvalue weighted by atomic mass is 32.2. The topological polar surface area (TPSA) is 123 Å². The summed E-state index contributed by atoms with van der Waals surface area (Å²) < 4.78 is 31.9. The summed E-state index contributed by atoms with van der Waals surface area (Å²) in [6.07, 6.45) is 1.22. The second-order valence-corrected chi connectivity index (χ2v) is 6.95. The fourth-order valence-corrected chi connectivity index (χ4v) is 3.36. The monoisotopic (exact) mass is 368 g/mol. The zero-order valence-electron chi connectivity index (χ0n) is 13.9. The van der Waals surface area contributed by atoms with Gasteiger partial charge in [0.15, 0.2) is 0 Å². The van der Waals surface area contributed by atoms with Gasteiger partial charge < -0.3 is 4.74 Å². The van der Waals surface area contributed by atoms with Crippen molar-refractivity contribution in [1.29, 1.82) is 0 Å². The number of hydrogen-bond acceptors (Lipinski definition) is 6. The molecule has 9 nitrogen and oxygen atoms in total. The van der Waals surface area contributed by atoms with Crippen LogP contribution in [0.5, 0.6) is 0 Å². The minimum Gasteiger partial charge on any atom is -0.461 e. The number of hydrogen-bond donors (Lipinski definition) is 2. The lowest BCUT2D eigenvalue weighted by atomic mass is 10.1. The van der Waals surface area contributed by atoms with E-state index in [1.54, 1.807) is 13.8 Å². The predicted molar refractivity (Wildman–Crippen MR) is 90.5 cm³/mol. The van der Waals surface area contributed by atoms with E-state index >= 15 is 0 Å². The van der Waals surface area contributed by atoms with Crippen molar-refractivity contribution in [2.75, 3.05) is 6.61 Å². The fraction of sp³-hybridized carbons (Fsp3) is 0.400. The smallest absolute Gasteiger partial charge is 0.364 e. The van der Waals surface area contributed by atoms with Gasteiger partial charge in [0.2, 0.25) is 5.69 Å². The molecule has 0 aliphatic heterocycles. The number of nitrogens with one attached hydrogen (secondary N) is 2. The van der Waals surface area contributed by atoms with E-state index in [-0.39, 0.29) is 10.7 Å². The quantitative estimate of drug-likeness (QED) is 0.652. The lowest BCUT2D eigenvalue weighted by molar-refractivity contribution is 0.0518. The van der Waals surface area contributed by atoms with Crippen molar-refractivity contribution in [3.63, 3.8) is 0 Å². The molecule has 1 unspecified atom stereocenters. The summed E-state index contributed by atoms with van der Waals surface area (Å²) in [7, 11) is -4.19. The van der Waals surface area contributed by atoms with E-state index in [0.717, 1.165) is 5.56 Å². The van der Waals surface area contributed by atoms with Crippen molar-refractivity contribution in [2.24, 2.45) is 0 Å². The molecule has 1 aromatic heterocycles. The summed E-state index contributed by atoms with van der Waals surface area (Å²) in [4.78, 5) is 23.6. The molecule has 0 radical (unpaired) electrons. The van der Waals surface area contributed by atoms with Crippen molar-refractivity contribution in [1.82, 2.24) is 19.1 Å². The van der Waals surface area contributed by atoms with Gasteiger partial charge in [-0.1, -0.05) is 30.3 Å². The van der Waals surface area contributed by atoms with E-state index in [1.807, 2.05) is 35.5 Å². The van der Waals surface area contributed by atoms with Gasteiger partial charge in [-0.05, 0) is 32.3 Å². The molecule has 1 aromatic carbocycles. The Morgan fingerprint density at radius 1 is 1.36 bits per heavy atom. The number of nitrogens with zero attached hydrogens (tertiary/aromatic N) is 2. The SMILES string of the molecule is CCOC(=O)c1n[nH]n(S(=O)(=O)NC(C)CCc2ccccc2)c1=O. The number of carbonyl (C=O) groups excluding carboxylic acids is 1. The molecule has 0 aliphatic rings. The van der Waals surface area contributed by atoms with Crippen LogP contribution in [-0.2, 0) is 21.4 Å². The van der Waals surface area contributed by atoms with Gasteiger partial charge >= 0.3 is 21.7 Å². The Labute approximate surface area is 145 Å². The Hall–Kier alpha value is -2.46. The minimum absolute atomic E-state index is 0.0483. The number of aromatic amines is 1. The van der Waals surface area contributed by atoms with Gasteiger partial charge in [-0.25, -0.2) is 4.79 Å². The summed E-state index contributed by atoms with van der Waals surface area (Å²) in [5, 5.41) is 5.47. The van der Waals surface area contributed by atoms with Crippen LogP contribution in [0.3, 0.4) is 0 Å². The van der Waals surface area contributed by atoms with Crippen LogP contribution in [-0.4, -0.2) is 41.4 Å². The molecule has 2 N–H and O–H groups in total. The van der Waals surface area contributed by atoms with Gasteiger partial charge in [0.1, 0.15) is 0 Å². The molecule has 2 rings (SSSR count). The highest BCUT2D eigenvalue weighted by molar-refractivity contribution is 7.87. The third-order valence-corrected chi connectivity index (χ3v) is 4.84. The first-order valence-corrected chi connectivity index (χ1v) is 9.20. The van der Waals surface area contributed by atoms with Crippen LogP contribution in [0, 0.1) is 0 Å². The standard InChI is InChI=1S/C15H20N4O5S/c1-3-24-15(21)13-14(20)19(18-16-13)25(22,23)17-11(2)9-10-12-7-5-4-6-8-12/h4-8,11,17-18H,3,9-10H2,1-2H3. The maximum Gasteiger partial charge on any atom is 0.364 e. The Kier molecular flexibility index (Phi) is 6.10. The Bertz CT molecular complexity index is 873. The van der Waals surface area contributed by atoms with Crippen LogP contribution in [0.4, 0.5) is 0 Å². The molecule has 0 aliphatic carbocycles. The lowest BCUT2D eigenvalue weighted by Crippen LogP contribution is -2.41. The molecule has 136 valence electrons. The van der Waals surface area contributed by atoms with Gasteiger partial charge in [-0.3, -0.25) is 4.79 Å². The Morgan fingerprint density at radius 3 is 2.68 bits per heavy atom. The molecule has 25 heavy (non-hydrogen) atoms. The van der Waals surface area contributed by atoms with Crippen LogP contribution >= 0.6 is 0 Å². The summed E-state index contributed by atoms with van der Waals surface area (Å²) in [6, 6.07) is 9.20. The number of rotatable bonds is 8. The number of aryl methyl sites for hydroxylation is 1. The van der Waals surface area contributed by atoms with Gasteiger partial charge in [0.25, 0.3) is 0 Å². The molecule has 0 bridgehead atoms. The summed E-state index contributed by atoms with van der Waals surface area (Å²) in [5.41, 5.74) is -0.609. The number of benzene rings is 1. The number of H-pyrrole nitrogens is 1. The molecule has 1 heterocycles. The molecule has 0 amide bonds. The predicted octanol–water partition coefficient (Wildman–Crippen LogP) is 0.452. The third kappa shape index (κ3) is 4.77. The first kappa shape index (κ1) is 18.9. The van der Waals surface area contributed by atoms with Crippen molar-refractivity contribution in [2.45, 2.75) is 32.7 Å². The van der Waals surface area contributed by atoms with E-state index in [4.69, 9.17) is 0 Å². The van der Waals surface area contributed by atoms with Crippen LogP contribution < -0.4 is 10.3 Å². The van der Waals surface area contributed by atoms with Crippen molar-refractivity contribution >= 4 is 16.2 Å².